The number of anilines is 2. The minimum Gasteiger partial charge on any atom is -0.348 e. The minimum absolute atomic E-state index is 0.124. The zero-order valence-corrected chi connectivity index (χ0v) is 12.7. The van der Waals surface area contributed by atoms with E-state index >= 15 is 0 Å². The topological polar surface area (TPSA) is 66.9 Å². The summed E-state index contributed by atoms with van der Waals surface area (Å²) in [6.45, 7) is 2.04. The van der Waals surface area contributed by atoms with Gasteiger partial charge >= 0.3 is 0 Å². The van der Waals surface area contributed by atoms with Crippen LogP contribution in [-0.2, 0) is 0 Å². The van der Waals surface area contributed by atoms with Crippen LogP contribution in [-0.4, -0.2) is 21.9 Å². The molecule has 1 aromatic heterocycles. The minimum atomic E-state index is -0.124. The molecule has 1 aromatic carbocycles. The molecule has 0 aliphatic heterocycles. The number of carbonyl (C=O) groups excluding carboxylic acids is 1. The summed E-state index contributed by atoms with van der Waals surface area (Å²) in [6.07, 6.45) is 5.92. The van der Waals surface area contributed by atoms with Gasteiger partial charge in [0.25, 0.3) is 5.91 Å². The number of aromatic nitrogens is 2. The van der Waals surface area contributed by atoms with Crippen molar-refractivity contribution in [2.24, 2.45) is 0 Å². The molecule has 0 saturated heterocycles. The lowest BCUT2D eigenvalue weighted by molar-refractivity contribution is 0.0932. The van der Waals surface area contributed by atoms with E-state index in [1.807, 2.05) is 31.2 Å². The highest BCUT2D eigenvalue weighted by Gasteiger charge is 2.18. The fraction of sp³-hybridized carbons (Fsp3) is 0.353. The Morgan fingerprint density at radius 2 is 1.86 bits per heavy atom. The molecule has 5 nitrogen and oxygen atoms in total. The predicted molar refractivity (Wildman–Crippen MR) is 86.2 cm³/mol. The van der Waals surface area contributed by atoms with E-state index in [1.165, 1.54) is 24.7 Å². The van der Waals surface area contributed by atoms with Gasteiger partial charge in [-0.2, -0.15) is 0 Å². The number of carbonyl (C=O) groups is 1. The molecule has 1 heterocycles. The van der Waals surface area contributed by atoms with Crippen molar-refractivity contribution in [1.29, 1.82) is 0 Å². The molecule has 114 valence electrons. The summed E-state index contributed by atoms with van der Waals surface area (Å²) in [4.78, 5) is 20.5. The van der Waals surface area contributed by atoms with Gasteiger partial charge in [0, 0.05) is 17.8 Å². The zero-order chi connectivity index (χ0) is 15.4. The van der Waals surface area contributed by atoms with E-state index in [-0.39, 0.29) is 11.9 Å². The molecule has 1 aliphatic carbocycles. The number of hydrogen-bond acceptors (Lipinski definition) is 4. The normalized spacial score (nSPS) is 14.8. The van der Waals surface area contributed by atoms with Gasteiger partial charge in [0.1, 0.15) is 17.8 Å². The fourth-order valence-electron chi connectivity index (χ4n) is 2.66. The van der Waals surface area contributed by atoms with Crippen LogP contribution < -0.4 is 10.6 Å². The third-order valence-corrected chi connectivity index (χ3v) is 3.91. The van der Waals surface area contributed by atoms with Gasteiger partial charge in [-0.15, -0.1) is 0 Å². The van der Waals surface area contributed by atoms with Crippen LogP contribution >= 0.6 is 0 Å². The number of aryl methyl sites for hydroxylation is 1. The highest BCUT2D eigenvalue weighted by molar-refractivity contribution is 5.93. The standard InChI is InChI=1S/C17H20N4O/c1-12-6-8-14(9-7-12)20-16-10-15(18-11-19-16)17(22)21-13-4-2-3-5-13/h6-11,13H,2-5H2,1H3,(H,21,22)(H,18,19,20). The van der Waals surface area contributed by atoms with E-state index in [4.69, 9.17) is 0 Å². The second kappa shape index (κ2) is 6.56. The number of benzene rings is 1. The average Bonchev–Trinajstić information content (AvgIpc) is 3.03. The van der Waals surface area contributed by atoms with Gasteiger partial charge in [0.05, 0.1) is 0 Å². The highest BCUT2D eigenvalue weighted by Crippen LogP contribution is 2.19. The summed E-state index contributed by atoms with van der Waals surface area (Å²) in [7, 11) is 0. The van der Waals surface area contributed by atoms with Crippen molar-refractivity contribution < 1.29 is 4.79 Å². The molecule has 22 heavy (non-hydrogen) atoms. The molecular weight excluding hydrogens is 276 g/mol. The molecule has 1 saturated carbocycles. The van der Waals surface area contributed by atoms with E-state index < -0.39 is 0 Å². The summed E-state index contributed by atoms with van der Waals surface area (Å²) in [5, 5.41) is 6.23. The summed E-state index contributed by atoms with van der Waals surface area (Å²) < 4.78 is 0. The van der Waals surface area contributed by atoms with E-state index in [9.17, 15) is 4.79 Å². The van der Waals surface area contributed by atoms with Gasteiger partial charge in [-0.3, -0.25) is 4.79 Å². The third kappa shape index (κ3) is 3.61. The summed E-state index contributed by atoms with van der Waals surface area (Å²) in [5.41, 5.74) is 2.54. The highest BCUT2D eigenvalue weighted by atomic mass is 16.1. The first-order valence-corrected chi connectivity index (χ1v) is 7.67. The van der Waals surface area contributed by atoms with Crippen LogP contribution in [0.2, 0.25) is 0 Å². The van der Waals surface area contributed by atoms with Crippen molar-refractivity contribution in [3.63, 3.8) is 0 Å². The molecule has 0 spiro atoms. The molecule has 0 atom stereocenters. The van der Waals surface area contributed by atoms with Crippen molar-refractivity contribution in [2.75, 3.05) is 5.32 Å². The smallest absolute Gasteiger partial charge is 0.270 e. The molecule has 3 rings (SSSR count). The second-order valence-electron chi connectivity index (χ2n) is 5.73. The Morgan fingerprint density at radius 3 is 2.59 bits per heavy atom. The maximum atomic E-state index is 12.2. The molecule has 1 amide bonds. The molecule has 1 fully saturated rings. The predicted octanol–water partition coefficient (Wildman–Crippen LogP) is 3.20. The lowest BCUT2D eigenvalue weighted by atomic mass is 10.2. The summed E-state index contributed by atoms with van der Waals surface area (Å²) in [6, 6.07) is 9.99. The van der Waals surface area contributed by atoms with E-state index in [0.717, 1.165) is 18.5 Å². The molecule has 0 radical (unpaired) electrons. The van der Waals surface area contributed by atoms with Crippen molar-refractivity contribution in [3.8, 4) is 0 Å². The SMILES string of the molecule is Cc1ccc(Nc2cc(C(=O)NC3CCCC3)ncn2)cc1. The molecule has 0 bridgehead atoms. The molecular formula is C17H20N4O. The van der Waals surface area contributed by atoms with Gasteiger partial charge in [0.2, 0.25) is 0 Å². The maximum absolute atomic E-state index is 12.2. The summed E-state index contributed by atoms with van der Waals surface area (Å²) in [5.74, 6) is 0.497. The van der Waals surface area contributed by atoms with Crippen molar-refractivity contribution >= 4 is 17.4 Å². The van der Waals surface area contributed by atoms with E-state index in [1.54, 1.807) is 6.07 Å². The van der Waals surface area contributed by atoms with Gasteiger partial charge in [-0.05, 0) is 31.9 Å². The largest absolute Gasteiger partial charge is 0.348 e. The average molecular weight is 296 g/mol. The molecule has 5 heteroatoms. The van der Waals surface area contributed by atoms with Crippen LogP contribution in [0.25, 0.3) is 0 Å². The molecule has 2 N–H and O–H groups in total. The van der Waals surface area contributed by atoms with Gasteiger partial charge in [-0.1, -0.05) is 30.5 Å². The number of nitrogens with zero attached hydrogens (tertiary/aromatic N) is 2. The maximum Gasteiger partial charge on any atom is 0.270 e. The Balaban J connectivity index is 1.68. The lowest BCUT2D eigenvalue weighted by Gasteiger charge is -2.12. The van der Waals surface area contributed by atoms with Crippen LogP contribution in [0.4, 0.5) is 11.5 Å². The van der Waals surface area contributed by atoms with Gasteiger partial charge in [-0.25, -0.2) is 9.97 Å². The molecule has 0 unspecified atom stereocenters. The quantitative estimate of drug-likeness (QED) is 0.909. The van der Waals surface area contributed by atoms with Crippen LogP contribution in [0.5, 0.6) is 0 Å². The number of rotatable bonds is 4. The van der Waals surface area contributed by atoms with Crippen LogP contribution in [0.3, 0.4) is 0 Å². The first-order valence-electron chi connectivity index (χ1n) is 7.67. The Bertz CT molecular complexity index is 648. The Kier molecular flexibility index (Phi) is 4.32. The van der Waals surface area contributed by atoms with E-state index in [2.05, 4.69) is 20.6 Å². The number of nitrogens with one attached hydrogen (secondary N) is 2. The van der Waals surface area contributed by atoms with Gasteiger partial charge < -0.3 is 10.6 Å². The van der Waals surface area contributed by atoms with Crippen molar-refractivity contribution in [2.45, 2.75) is 38.6 Å². The number of hydrogen-bond donors (Lipinski definition) is 2. The van der Waals surface area contributed by atoms with Crippen LogP contribution in [0, 0.1) is 6.92 Å². The fourth-order valence-corrected chi connectivity index (χ4v) is 2.66. The third-order valence-electron chi connectivity index (χ3n) is 3.91. The van der Waals surface area contributed by atoms with Crippen LogP contribution in [0.1, 0.15) is 41.7 Å². The number of amides is 1. The lowest BCUT2D eigenvalue weighted by Crippen LogP contribution is -2.33. The molecule has 2 aromatic rings. The first-order chi connectivity index (χ1) is 10.7. The summed E-state index contributed by atoms with van der Waals surface area (Å²) >= 11 is 0. The molecule has 1 aliphatic rings. The van der Waals surface area contributed by atoms with Gasteiger partial charge in [0.15, 0.2) is 0 Å². The zero-order valence-electron chi connectivity index (χ0n) is 12.7. The van der Waals surface area contributed by atoms with Crippen molar-refractivity contribution in [1.82, 2.24) is 15.3 Å². The Morgan fingerprint density at radius 1 is 1.14 bits per heavy atom. The Hall–Kier alpha value is -2.43. The Labute approximate surface area is 130 Å². The second-order valence-corrected chi connectivity index (χ2v) is 5.73. The first kappa shape index (κ1) is 14.5. The van der Waals surface area contributed by atoms with Crippen molar-refractivity contribution in [3.05, 3.63) is 47.9 Å². The monoisotopic (exact) mass is 296 g/mol. The van der Waals surface area contributed by atoms with E-state index in [0.29, 0.717) is 11.5 Å². The van der Waals surface area contributed by atoms with Crippen LogP contribution in [0.15, 0.2) is 36.7 Å².